The van der Waals surface area contributed by atoms with Crippen molar-refractivity contribution in [3.63, 3.8) is 0 Å². The number of amides is 1. The molecule has 0 atom stereocenters. The van der Waals surface area contributed by atoms with Crippen LogP contribution in [0.5, 0.6) is 0 Å². The summed E-state index contributed by atoms with van der Waals surface area (Å²) in [4.78, 5) is 20.5. The smallest absolute Gasteiger partial charge is 0.265 e. The number of hydrogen-bond acceptors (Lipinski definition) is 5. The fourth-order valence-electron chi connectivity index (χ4n) is 2.19. The Hall–Kier alpha value is -1.92. The van der Waals surface area contributed by atoms with Crippen LogP contribution in [0.15, 0.2) is 30.5 Å². The molecule has 0 radical (unpaired) electrons. The van der Waals surface area contributed by atoms with Gasteiger partial charge in [-0.2, -0.15) is 0 Å². The van der Waals surface area contributed by atoms with E-state index in [2.05, 4.69) is 15.2 Å². The molecular formula is C15H17N3O2S. The van der Waals surface area contributed by atoms with Crippen LogP contribution in [-0.2, 0) is 4.74 Å². The minimum Gasteiger partial charge on any atom is -0.378 e. The summed E-state index contributed by atoms with van der Waals surface area (Å²) < 4.78 is 5.32. The van der Waals surface area contributed by atoms with E-state index in [0.717, 1.165) is 37.0 Å². The summed E-state index contributed by atoms with van der Waals surface area (Å²) in [6, 6.07) is 7.60. The summed E-state index contributed by atoms with van der Waals surface area (Å²) in [5.74, 6) is 0.831. The van der Waals surface area contributed by atoms with Crippen LogP contribution in [0.1, 0.15) is 14.5 Å². The summed E-state index contributed by atoms with van der Waals surface area (Å²) in [6.07, 6.45) is 1.70. The molecule has 0 aromatic carbocycles. The maximum Gasteiger partial charge on any atom is 0.265 e. The number of nitrogens with zero attached hydrogens (tertiary/aromatic N) is 2. The predicted molar refractivity (Wildman–Crippen MR) is 84.3 cm³/mol. The van der Waals surface area contributed by atoms with Gasteiger partial charge in [-0.1, -0.05) is 0 Å². The van der Waals surface area contributed by atoms with E-state index in [-0.39, 0.29) is 5.91 Å². The Morgan fingerprint density at radius 3 is 2.71 bits per heavy atom. The Labute approximate surface area is 127 Å². The third-order valence-electron chi connectivity index (χ3n) is 3.30. The third-order valence-corrected chi connectivity index (χ3v) is 4.30. The molecule has 3 rings (SSSR count). The first kappa shape index (κ1) is 14.0. The molecular weight excluding hydrogens is 286 g/mol. The van der Waals surface area contributed by atoms with Crippen molar-refractivity contribution >= 4 is 28.7 Å². The Balaban J connectivity index is 1.65. The lowest BCUT2D eigenvalue weighted by molar-refractivity contribution is 0.103. The van der Waals surface area contributed by atoms with Crippen LogP contribution in [-0.4, -0.2) is 37.2 Å². The van der Waals surface area contributed by atoms with Gasteiger partial charge in [-0.3, -0.25) is 4.79 Å². The van der Waals surface area contributed by atoms with Crippen LogP contribution in [0.2, 0.25) is 0 Å². The van der Waals surface area contributed by atoms with Crippen LogP contribution in [0.3, 0.4) is 0 Å². The number of carbonyl (C=O) groups is 1. The van der Waals surface area contributed by atoms with Crippen molar-refractivity contribution in [1.82, 2.24) is 4.98 Å². The molecule has 2 aromatic rings. The van der Waals surface area contributed by atoms with Gasteiger partial charge in [0.05, 0.1) is 30.0 Å². The quantitative estimate of drug-likeness (QED) is 0.947. The van der Waals surface area contributed by atoms with Gasteiger partial charge in [0.15, 0.2) is 0 Å². The minimum atomic E-state index is -0.0889. The van der Waals surface area contributed by atoms with E-state index < -0.39 is 0 Å². The van der Waals surface area contributed by atoms with Crippen molar-refractivity contribution in [3.05, 3.63) is 40.2 Å². The number of thiophene rings is 1. The molecule has 0 saturated carbocycles. The van der Waals surface area contributed by atoms with E-state index in [4.69, 9.17) is 4.74 Å². The van der Waals surface area contributed by atoms with E-state index in [1.165, 1.54) is 11.3 Å². The summed E-state index contributed by atoms with van der Waals surface area (Å²) in [5.41, 5.74) is 0.711. The zero-order valence-electron chi connectivity index (χ0n) is 11.8. The maximum absolute atomic E-state index is 12.1. The lowest BCUT2D eigenvalue weighted by Gasteiger charge is -2.27. The van der Waals surface area contributed by atoms with Crippen LogP contribution in [0, 0.1) is 6.92 Å². The highest BCUT2D eigenvalue weighted by atomic mass is 32.1. The summed E-state index contributed by atoms with van der Waals surface area (Å²) in [5, 5.41) is 2.87. The first-order valence-electron chi connectivity index (χ1n) is 6.89. The zero-order valence-corrected chi connectivity index (χ0v) is 12.7. The molecule has 1 saturated heterocycles. The van der Waals surface area contributed by atoms with E-state index in [9.17, 15) is 4.79 Å². The summed E-state index contributed by atoms with van der Waals surface area (Å²) in [6.45, 7) is 5.16. The molecule has 0 unspecified atom stereocenters. The number of pyridine rings is 1. The van der Waals surface area contributed by atoms with Gasteiger partial charge in [-0.25, -0.2) is 4.98 Å². The summed E-state index contributed by atoms with van der Waals surface area (Å²) >= 11 is 1.49. The van der Waals surface area contributed by atoms with E-state index >= 15 is 0 Å². The predicted octanol–water partition coefficient (Wildman–Crippen LogP) is 2.54. The van der Waals surface area contributed by atoms with E-state index in [1.54, 1.807) is 6.20 Å². The molecule has 21 heavy (non-hydrogen) atoms. The minimum absolute atomic E-state index is 0.0889. The molecule has 2 aromatic heterocycles. The largest absolute Gasteiger partial charge is 0.378 e. The van der Waals surface area contributed by atoms with Crippen molar-refractivity contribution in [2.24, 2.45) is 0 Å². The summed E-state index contributed by atoms with van der Waals surface area (Å²) in [7, 11) is 0. The van der Waals surface area contributed by atoms with Crippen molar-refractivity contribution < 1.29 is 9.53 Å². The number of aryl methyl sites for hydroxylation is 1. The van der Waals surface area contributed by atoms with Gasteiger partial charge in [0, 0.05) is 18.0 Å². The molecule has 0 spiro atoms. The average Bonchev–Trinajstić information content (AvgIpc) is 2.96. The second-order valence-corrected chi connectivity index (χ2v) is 6.16. The van der Waals surface area contributed by atoms with Gasteiger partial charge in [0.1, 0.15) is 5.82 Å². The van der Waals surface area contributed by atoms with Gasteiger partial charge < -0.3 is 15.0 Å². The molecule has 3 heterocycles. The fourth-order valence-corrected chi connectivity index (χ4v) is 2.95. The third kappa shape index (κ3) is 3.40. The van der Waals surface area contributed by atoms with Gasteiger partial charge in [0.25, 0.3) is 5.91 Å². The zero-order chi connectivity index (χ0) is 14.7. The average molecular weight is 303 g/mol. The molecule has 0 aliphatic carbocycles. The Morgan fingerprint density at radius 1 is 1.29 bits per heavy atom. The second kappa shape index (κ2) is 6.24. The Morgan fingerprint density at radius 2 is 2.10 bits per heavy atom. The molecule has 1 N–H and O–H groups in total. The fraction of sp³-hybridized carbons (Fsp3) is 0.333. The van der Waals surface area contributed by atoms with E-state index in [0.29, 0.717) is 10.6 Å². The van der Waals surface area contributed by atoms with Crippen molar-refractivity contribution in [3.8, 4) is 0 Å². The topological polar surface area (TPSA) is 54.5 Å². The SMILES string of the molecule is Cc1ccc(C(=O)Nc2ccc(N3CCOCC3)nc2)s1. The number of carbonyl (C=O) groups excluding carboxylic acids is 1. The van der Waals surface area contributed by atoms with E-state index in [1.807, 2.05) is 31.2 Å². The van der Waals surface area contributed by atoms with Gasteiger partial charge in [0.2, 0.25) is 0 Å². The van der Waals surface area contributed by atoms with Crippen LogP contribution in [0.4, 0.5) is 11.5 Å². The van der Waals surface area contributed by atoms with Crippen LogP contribution in [0.25, 0.3) is 0 Å². The van der Waals surface area contributed by atoms with Crippen molar-refractivity contribution in [1.29, 1.82) is 0 Å². The van der Waals surface area contributed by atoms with Gasteiger partial charge >= 0.3 is 0 Å². The molecule has 0 bridgehead atoms. The molecule has 1 aliphatic rings. The number of hydrogen-bond donors (Lipinski definition) is 1. The van der Waals surface area contributed by atoms with Crippen LogP contribution < -0.4 is 10.2 Å². The van der Waals surface area contributed by atoms with Gasteiger partial charge in [-0.15, -0.1) is 11.3 Å². The van der Waals surface area contributed by atoms with Crippen molar-refractivity contribution in [2.75, 3.05) is 36.5 Å². The lowest BCUT2D eigenvalue weighted by atomic mass is 10.3. The highest BCUT2D eigenvalue weighted by molar-refractivity contribution is 7.14. The molecule has 1 aliphatic heterocycles. The van der Waals surface area contributed by atoms with Gasteiger partial charge in [-0.05, 0) is 31.2 Å². The first-order valence-corrected chi connectivity index (χ1v) is 7.70. The number of anilines is 2. The monoisotopic (exact) mass is 303 g/mol. The number of aromatic nitrogens is 1. The lowest BCUT2D eigenvalue weighted by Crippen LogP contribution is -2.36. The molecule has 5 nitrogen and oxygen atoms in total. The molecule has 110 valence electrons. The normalized spacial score (nSPS) is 15.0. The van der Waals surface area contributed by atoms with Crippen molar-refractivity contribution in [2.45, 2.75) is 6.92 Å². The highest BCUT2D eigenvalue weighted by Crippen LogP contribution is 2.19. The number of morpholine rings is 1. The molecule has 1 amide bonds. The molecule has 1 fully saturated rings. The number of nitrogens with one attached hydrogen (secondary N) is 1. The maximum atomic E-state index is 12.1. The molecule has 6 heteroatoms. The highest BCUT2D eigenvalue weighted by Gasteiger charge is 2.13. The Kier molecular flexibility index (Phi) is 4.17. The number of rotatable bonds is 3. The first-order chi connectivity index (χ1) is 10.2. The standard InChI is InChI=1S/C15H17N3O2S/c1-11-2-4-13(21-11)15(19)17-12-3-5-14(16-10-12)18-6-8-20-9-7-18/h2-5,10H,6-9H2,1H3,(H,17,19). The Bertz CT molecular complexity index is 618. The number of ether oxygens (including phenoxy) is 1. The second-order valence-electron chi connectivity index (χ2n) is 4.87. The van der Waals surface area contributed by atoms with Crippen LogP contribution >= 0.6 is 11.3 Å².